The molecule has 1 N–H and O–H groups in total. The van der Waals surface area contributed by atoms with Crippen molar-refractivity contribution in [3.63, 3.8) is 0 Å². The summed E-state index contributed by atoms with van der Waals surface area (Å²) in [5.74, 6) is 1.61. The average molecular weight is 402 g/mol. The smallest absolute Gasteiger partial charge is 0.253 e. The second-order valence-corrected chi connectivity index (χ2v) is 9.10. The van der Waals surface area contributed by atoms with Crippen LogP contribution in [0.5, 0.6) is 0 Å². The van der Waals surface area contributed by atoms with Crippen LogP contribution in [0.15, 0.2) is 54.7 Å². The fourth-order valence-corrected chi connectivity index (χ4v) is 5.14. The first-order valence-electron chi connectivity index (χ1n) is 10.9. The maximum absolute atomic E-state index is 13.0. The van der Waals surface area contributed by atoms with Crippen LogP contribution in [0.3, 0.4) is 0 Å². The SMILES string of the molecule is O=C(c1ccc(-c2ccc3cc[nH]c3c2)cc1)N1CC2CN(C(=O)C3CC3)CC2C1.[HH]. The largest absolute Gasteiger partial charge is 0.361 e. The monoisotopic (exact) mass is 401 g/mol. The first-order chi connectivity index (χ1) is 14.7. The molecule has 2 unspecified atom stereocenters. The van der Waals surface area contributed by atoms with Crippen molar-refractivity contribution in [2.24, 2.45) is 17.8 Å². The van der Waals surface area contributed by atoms with Crippen molar-refractivity contribution in [3.8, 4) is 11.1 Å². The normalized spacial score (nSPS) is 23.2. The number of likely N-dealkylation sites (tertiary alicyclic amines) is 2. The molecule has 2 aromatic carbocycles. The van der Waals surface area contributed by atoms with Crippen molar-refractivity contribution in [3.05, 3.63) is 60.3 Å². The van der Waals surface area contributed by atoms with Crippen molar-refractivity contribution >= 4 is 22.7 Å². The summed E-state index contributed by atoms with van der Waals surface area (Å²) in [5.41, 5.74) is 4.10. The molecule has 2 amide bonds. The Hall–Kier alpha value is -3.08. The molecule has 6 rings (SSSR count). The third-order valence-electron chi connectivity index (χ3n) is 7.03. The van der Waals surface area contributed by atoms with Crippen LogP contribution in [-0.2, 0) is 4.79 Å². The lowest BCUT2D eigenvalue weighted by Crippen LogP contribution is -2.36. The fourth-order valence-electron chi connectivity index (χ4n) is 5.14. The predicted molar refractivity (Wildman–Crippen MR) is 118 cm³/mol. The van der Waals surface area contributed by atoms with Gasteiger partial charge in [-0.15, -0.1) is 0 Å². The molecule has 1 aliphatic carbocycles. The van der Waals surface area contributed by atoms with Crippen LogP contribution in [0.1, 0.15) is 24.6 Å². The van der Waals surface area contributed by atoms with Gasteiger partial charge in [0.15, 0.2) is 0 Å². The Labute approximate surface area is 177 Å². The van der Waals surface area contributed by atoms with E-state index in [1.54, 1.807) is 0 Å². The van der Waals surface area contributed by atoms with Crippen LogP contribution in [0.4, 0.5) is 0 Å². The highest BCUT2D eigenvalue weighted by Gasteiger charge is 2.45. The molecule has 3 aliphatic rings. The highest BCUT2D eigenvalue weighted by atomic mass is 16.2. The van der Waals surface area contributed by atoms with Crippen LogP contribution >= 0.6 is 0 Å². The van der Waals surface area contributed by atoms with Gasteiger partial charge in [-0.2, -0.15) is 0 Å². The first-order valence-corrected chi connectivity index (χ1v) is 10.9. The highest BCUT2D eigenvalue weighted by molar-refractivity contribution is 5.95. The zero-order valence-corrected chi connectivity index (χ0v) is 16.9. The lowest BCUT2D eigenvalue weighted by molar-refractivity contribution is -0.131. The zero-order valence-electron chi connectivity index (χ0n) is 16.9. The van der Waals surface area contributed by atoms with Gasteiger partial charge in [0.05, 0.1) is 0 Å². The highest BCUT2D eigenvalue weighted by Crippen LogP contribution is 2.37. The van der Waals surface area contributed by atoms with Crippen LogP contribution in [-0.4, -0.2) is 52.8 Å². The molecule has 5 heteroatoms. The number of carbonyl (C=O) groups is 2. The topological polar surface area (TPSA) is 56.4 Å². The number of aromatic amines is 1. The molecule has 0 spiro atoms. The molecule has 1 saturated carbocycles. The molecule has 2 aliphatic heterocycles. The Morgan fingerprint density at radius 3 is 2.20 bits per heavy atom. The van der Waals surface area contributed by atoms with Gasteiger partial charge < -0.3 is 14.8 Å². The van der Waals surface area contributed by atoms with E-state index in [0.29, 0.717) is 17.7 Å². The van der Waals surface area contributed by atoms with E-state index < -0.39 is 0 Å². The second kappa shape index (κ2) is 6.73. The predicted octanol–water partition coefficient (Wildman–Crippen LogP) is 4.02. The first kappa shape index (κ1) is 17.8. The van der Waals surface area contributed by atoms with Gasteiger partial charge in [0.2, 0.25) is 5.91 Å². The van der Waals surface area contributed by atoms with E-state index in [9.17, 15) is 9.59 Å². The Morgan fingerprint density at radius 1 is 0.833 bits per heavy atom. The van der Waals surface area contributed by atoms with Crippen molar-refractivity contribution in [2.75, 3.05) is 26.2 Å². The van der Waals surface area contributed by atoms with E-state index in [2.05, 4.69) is 29.2 Å². The number of nitrogens with one attached hydrogen (secondary N) is 1. The maximum Gasteiger partial charge on any atom is 0.253 e. The van der Waals surface area contributed by atoms with E-state index >= 15 is 0 Å². The summed E-state index contributed by atoms with van der Waals surface area (Å²) >= 11 is 0. The second-order valence-electron chi connectivity index (χ2n) is 9.10. The quantitative estimate of drug-likeness (QED) is 0.721. The summed E-state index contributed by atoms with van der Waals surface area (Å²) in [6.07, 6.45) is 4.07. The van der Waals surface area contributed by atoms with Crippen LogP contribution < -0.4 is 0 Å². The van der Waals surface area contributed by atoms with Crippen LogP contribution in [0, 0.1) is 17.8 Å². The Bertz CT molecular complexity index is 1120. The van der Waals surface area contributed by atoms with Crippen LogP contribution in [0.2, 0.25) is 0 Å². The number of fused-ring (bicyclic) bond motifs is 2. The van der Waals surface area contributed by atoms with Gasteiger partial charge in [-0.05, 0) is 53.6 Å². The lowest BCUT2D eigenvalue weighted by Gasteiger charge is -2.22. The molecular formula is C25H27N3O2. The van der Waals surface area contributed by atoms with Crippen molar-refractivity contribution < 1.29 is 11.0 Å². The van der Waals surface area contributed by atoms with Gasteiger partial charge in [0, 0.05) is 62.6 Å². The number of H-pyrrole nitrogens is 1. The third kappa shape index (κ3) is 3.00. The van der Waals surface area contributed by atoms with Gasteiger partial charge >= 0.3 is 0 Å². The molecule has 5 nitrogen and oxygen atoms in total. The molecule has 3 fully saturated rings. The zero-order chi connectivity index (χ0) is 20.2. The molecule has 154 valence electrons. The molecule has 2 saturated heterocycles. The van der Waals surface area contributed by atoms with E-state index in [1.165, 1.54) is 5.39 Å². The summed E-state index contributed by atoms with van der Waals surface area (Å²) in [6.45, 7) is 3.18. The summed E-state index contributed by atoms with van der Waals surface area (Å²) in [4.78, 5) is 32.6. The number of amides is 2. The molecule has 2 atom stereocenters. The molecule has 0 radical (unpaired) electrons. The molecule has 0 bridgehead atoms. The summed E-state index contributed by atoms with van der Waals surface area (Å²) in [5, 5.41) is 1.20. The molecule has 1 aromatic heterocycles. The van der Waals surface area contributed by atoms with Gasteiger partial charge in [-0.3, -0.25) is 9.59 Å². The number of hydrogen-bond donors (Lipinski definition) is 1. The number of hydrogen-bond acceptors (Lipinski definition) is 2. The number of carbonyl (C=O) groups excluding carboxylic acids is 2. The lowest BCUT2D eigenvalue weighted by atomic mass is 10.0. The van der Waals surface area contributed by atoms with E-state index in [0.717, 1.165) is 61.2 Å². The Kier molecular flexibility index (Phi) is 3.98. The third-order valence-corrected chi connectivity index (χ3v) is 7.03. The summed E-state index contributed by atoms with van der Waals surface area (Å²) < 4.78 is 0. The van der Waals surface area contributed by atoms with Gasteiger partial charge in [-0.1, -0.05) is 24.3 Å². The van der Waals surface area contributed by atoms with Gasteiger partial charge in [-0.25, -0.2) is 0 Å². The number of nitrogens with zero attached hydrogens (tertiary/aromatic N) is 2. The van der Waals surface area contributed by atoms with Crippen LogP contribution in [0.25, 0.3) is 22.0 Å². The number of aromatic nitrogens is 1. The molecule has 3 heterocycles. The van der Waals surface area contributed by atoms with Crippen molar-refractivity contribution in [1.82, 2.24) is 14.8 Å². The van der Waals surface area contributed by atoms with Crippen molar-refractivity contribution in [1.29, 1.82) is 0 Å². The van der Waals surface area contributed by atoms with E-state index in [4.69, 9.17) is 0 Å². The molecule has 30 heavy (non-hydrogen) atoms. The van der Waals surface area contributed by atoms with E-state index in [1.807, 2.05) is 40.3 Å². The molecule has 3 aromatic rings. The minimum absolute atomic E-state index is 0. The van der Waals surface area contributed by atoms with E-state index in [-0.39, 0.29) is 13.3 Å². The summed E-state index contributed by atoms with van der Waals surface area (Å²) in [7, 11) is 0. The Balaban J connectivity index is 0.00000204. The standard InChI is InChI=1S/C25H25N3O2.H2/c29-24(27-12-21-14-28(15-22(21)13-27)25(30)19-6-7-19)18-4-1-16(2-5-18)20-8-3-17-9-10-26-23(17)11-20;/h1-5,8-11,19,21-22,26H,6-7,12-15H2;1H. The fraction of sp³-hybridized carbons (Fsp3) is 0.360. The van der Waals surface area contributed by atoms with Crippen molar-refractivity contribution in [2.45, 2.75) is 12.8 Å². The average Bonchev–Trinajstić information content (AvgIpc) is 3.18. The molecular weight excluding hydrogens is 374 g/mol. The minimum Gasteiger partial charge on any atom is -0.361 e. The minimum atomic E-state index is 0. The Morgan fingerprint density at radius 2 is 1.50 bits per heavy atom. The number of benzene rings is 2. The van der Waals surface area contributed by atoms with Gasteiger partial charge in [0.1, 0.15) is 0 Å². The number of rotatable bonds is 3. The maximum atomic E-state index is 13.0. The van der Waals surface area contributed by atoms with Gasteiger partial charge in [0.25, 0.3) is 5.91 Å². The summed E-state index contributed by atoms with van der Waals surface area (Å²) in [6, 6.07) is 16.4.